The van der Waals surface area contributed by atoms with E-state index in [2.05, 4.69) is 15.1 Å². The van der Waals surface area contributed by atoms with Gasteiger partial charge in [-0.25, -0.2) is 14.6 Å². The lowest BCUT2D eigenvalue weighted by Crippen LogP contribution is -2.13. The van der Waals surface area contributed by atoms with E-state index in [1.165, 1.54) is 11.0 Å². The van der Waals surface area contributed by atoms with Crippen LogP contribution < -0.4 is 11.5 Å². The van der Waals surface area contributed by atoms with Crippen molar-refractivity contribution in [1.82, 2.24) is 19.7 Å². The summed E-state index contributed by atoms with van der Waals surface area (Å²) in [6.07, 6.45) is 1.43. The van der Waals surface area contributed by atoms with E-state index in [9.17, 15) is 4.79 Å². The van der Waals surface area contributed by atoms with Gasteiger partial charge in [0.2, 0.25) is 11.9 Å². The van der Waals surface area contributed by atoms with Crippen LogP contribution in [-0.2, 0) is 0 Å². The lowest BCUT2D eigenvalue weighted by Gasteiger charge is -2.06. The van der Waals surface area contributed by atoms with Crippen LogP contribution in [0.25, 0.3) is 16.7 Å². The van der Waals surface area contributed by atoms with Crippen LogP contribution in [0.1, 0.15) is 10.4 Å². The van der Waals surface area contributed by atoms with Gasteiger partial charge in [-0.3, -0.25) is 4.79 Å². The van der Waals surface area contributed by atoms with Gasteiger partial charge in [0, 0.05) is 5.39 Å². The molecule has 0 saturated heterocycles. The van der Waals surface area contributed by atoms with Crippen LogP contribution >= 0.6 is 0 Å². The first-order valence-corrected chi connectivity index (χ1v) is 5.52. The number of aromatic nitrogens is 4. The van der Waals surface area contributed by atoms with Gasteiger partial charge < -0.3 is 11.5 Å². The van der Waals surface area contributed by atoms with Crippen molar-refractivity contribution in [3.8, 4) is 5.82 Å². The van der Waals surface area contributed by atoms with Crippen molar-refractivity contribution in [3.63, 3.8) is 0 Å². The highest BCUT2D eigenvalue weighted by Crippen LogP contribution is 2.19. The Balaban J connectivity index is 2.30. The lowest BCUT2D eigenvalue weighted by molar-refractivity contribution is 0.100. The molecule has 3 aromatic rings. The average Bonchev–Trinajstić information content (AvgIpc) is 2.84. The van der Waals surface area contributed by atoms with E-state index in [4.69, 9.17) is 11.5 Å². The predicted molar refractivity (Wildman–Crippen MR) is 69.6 cm³/mol. The summed E-state index contributed by atoms with van der Waals surface area (Å²) in [6.45, 7) is 0. The molecule has 0 spiro atoms. The number of carbonyl (C=O) groups is 1. The van der Waals surface area contributed by atoms with Crippen LogP contribution in [-0.4, -0.2) is 25.7 Å². The fourth-order valence-electron chi connectivity index (χ4n) is 1.87. The van der Waals surface area contributed by atoms with Crippen LogP contribution in [0.4, 0.5) is 5.95 Å². The van der Waals surface area contributed by atoms with Gasteiger partial charge in [0.25, 0.3) is 0 Å². The van der Waals surface area contributed by atoms with Crippen LogP contribution in [0.3, 0.4) is 0 Å². The molecule has 1 amide bonds. The first-order valence-electron chi connectivity index (χ1n) is 5.52. The van der Waals surface area contributed by atoms with E-state index in [-0.39, 0.29) is 5.95 Å². The normalized spacial score (nSPS) is 10.7. The summed E-state index contributed by atoms with van der Waals surface area (Å²) < 4.78 is 1.40. The number of primary amides is 1. The standard InChI is InChI=1S/C12H10N6O/c13-11(19)8-5-10(18-6-15-12(14)17-18)16-9-4-2-1-3-7(8)9/h1-6H,(H2,13,19)(H2,14,17). The molecule has 19 heavy (non-hydrogen) atoms. The largest absolute Gasteiger partial charge is 0.366 e. The van der Waals surface area contributed by atoms with Crippen molar-refractivity contribution in [1.29, 1.82) is 0 Å². The molecule has 0 unspecified atom stereocenters. The summed E-state index contributed by atoms with van der Waals surface area (Å²) in [4.78, 5) is 19.7. The maximum Gasteiger partial charge on any atom is 0.249 e. The summed E-state index contributed by atoms with van der Waals surface area (Å²) in [5.74, 6) is 0.0558. The maximum absolute atomic E-state index is 11.5. The number of hydrogen-bond donors (Lipinski definition) is 2. The Morgan fingerprint density at radius 2 is 2.05 bits per heavy atom. The highest BCUT2D eigenvalue weighted by Gasteiger charge is 2.11. The number of amides is 1. The topological polar surface area (TPSA) is 113 Å². The fraction of sp³-hybridized carbons (Fsp3) is 0. The number of fused-ring (bicyclic) bond motifs is 1. The first-order chi connectivity index (χ1) is 9.15. The fourth-order valence-corrected chi connectivity index (χ4v) is 1.87. The first kappa shape index (κ1) is 11.1. The predicted octanol–water partition coefficient (Wildman–Crippen LogP) is 0.497. The molecule has 0 radical (unpaired) electrons. The van der Waals surface area contributed by atoms with Gasteiger partial charge in [0.05, 0.1) is 11.1 Å². The number of rotatable bonds is 2. The third-order valence-corrected chi connectivity index (χ3v) is 2.71. The van der Waals surface area contributed by atoms with E-state index >= 15 is 0 Å². The molecule has 0 aliphatic rings. The monoisotopic (exact) mass is 254 g/mol. The average molecular weight is 254 g/mol. The third kappa shape index (κ3) is 1.86. The van der Waals surface area contributed by atoms with Crippen molar-refractivity contribution < 1.29 is 4.79 Å². The molecule has 94 valence electrons. The van der Waals surface area contributed by atoms with Crippen LogP contribution in [0.2, 0.25) is 0 Å². The summed E-state index contributed by atoms with van der Waals surface area (Å²) >= 11 is 0. The maximum atomic E-state index is 11.5. The lowest BCUT2D eigenvalue weighted by atomic mass is 10.1. The van der Waals surface area contributed by atoms with Gasteiger partial charge in [-0.2, -0.15) is 0 Å². The highest BCUT2D eigenvalue weighted by atomic mass is 16.1. The molecule has 0 aliphatic carbocycles. The molecule has 0 bridgehead atoms. The molecule has 4 N–H and O–H groups in total. The minimum absolute atomic E-state index is 0.135. The van der Waals surface area contributed by atoms with Gasteiger partial charge in [0.15, 0.2) is 5.82 Å². The third-order valence-electron chi connectivity index (χ3n) is 2.71. The zero-order valence-corrected chi connectivity index (χ0v) is 9.82. The molecule has 0 saturated carbocycles. The number of nitrogens with zero attached hydrogens (tertiary/aromatic N) is 4. The van der Waals surface area contributed by atoms with Crippen molar-refractivity contribution in [3.05, 3.63) is 42.2 Å². The molecule has 1 aromatic carbocycles. The number of pyridine rings is 1. The van der Waals surface area contributed by atoms with Crippen molar-refractivity contribution in [2.75, 3.05) is 5.73 Å². The molecule has 2 aromatic heterocycles. The molecule has 0 aliphatic heterocycles. The minimum atomic E-state index is -0.520. The van der Waals surface area contributed by atoms with E-state index < -0.39 is 5.91 Å². The number of para-hydroxylation sites is 1. The van der Waals surface area contributed by atoms with Gasteiger partial charge >= 0.3 is 0 Å². The Morgan fingerprint density at radius 3 is 2.74 bits per heavy atom. The van der Waals surface area contributed by atoms with E-state index in [0.717, 1.165) is 0 Å². The van der Waals surface area contributed by atoms with Gasteiger partial charge in [-0.05, 0) is 12.1 Å². The minimum Gasteiger partial charge on any atom is -0.366 e. The molecule has 0 atom stereocenters. The van der Waals surface area contributed by atoms with E-state index in [1.54, 1.807) is 18.2 Å². The van der Waals surface area contributed by atoms with Crippen molar-refractivity contribution in [2.45, 2.75) is 0 Å². The Morgan fingerprint density at radius 1 is 1.26 bits per heavy atom. The molecule has 3 rings (SSSR count). The summed E-state index contributed by atoms with van der Waals surface area (Å²) in [5, 5.41) is 4.66. The number of nitrogens with two attached hydrogens (primary N) is 2. The second-order valence-electron chi connectivity index (χ2n) is 3.96. The molecule has 7 heteroatoms. The number of anilines is 1. The number of hydrogen-bond acceptors (Lipinski definition) is 5. The second kappa shape index (κ2) is 4.05. The van der Waals surface area contributed by atoms with Crippen LogP contribution in [0.5, 0.6) is 0 Å². The Hall–Kier alpha value is -2.96. The van der Waals surface area contributed by atoms with Gasteiger partial charge in [-0.15, -0.1) is 5.10 Å². The quantitative estimate of drug-likeness (QED) is 0.691. The Bertz CT molecular complexity index is 779. The second-order valence-corrected chi connectivity index (χ2v) is 3.96. The SMILES string of the molecule is NC(=O)c1cc(-n2cnc(N)n2)nc2ccccc12. The molecule has 2 heterocycles. The Kier molecular flexibility index (Phi) is 2.38. The molecule has 7 nitrogen and oxygen atoms in total. The van der Waals surface area contributed by atoms with Crippen molar-refractivity contribution >= 4 is 22.8 Å². The van der Waals surface area contributed by atoms with Crippen LogP contribution in [0, 0.1) is 0 Å². The zero-order chi connectivity index (χ0) is 13.4. The molecular formula is C12H10N6O. The van der Waals surface area contributed by atoms with Gasteiger partial charge in [-0.1, -0.05) is 18.2 Å². The number of carbonyl (C=O) groups excluding carboxylic acids is 1. The summed E-state index contributed by atoms with van der Waals surface area (Å²) in [6, 6.07) is 8.81. The van der Waals surface area contributed by atoms with Gasteiger partial charge in [0.1, 0.15) is 6.33 Å². The van der Waals surface area contributed by atoms with E-state index in [0.29, 0.717) is 22.3 Å². The molecule has 0 fully saturated rings. The Labute approximate surface area is 107 Å². The highest BCUT2D eigenvalue weighted by molar-refractivity contribution is 6.05. The summed E-state index contributed by atoms with van der Waals surface area (Å²) in [7, 11) is 0. The number of benzene rings is 1. The van der Waals surface area contributed by atoms with E-state index in [1.807, 2.05) is 12.1 Å². The zero-order valence-electron chi connectivity index (χ0n) is 9.82. The smallest absolute Gasteiger partial charge is 0.249 e. The number of nitrogen functional groups attached to an aromatic ring is 1. The van der Waals surface area contributed by atoms with Crippen molar-refractivity contribution in [2.24, 2.45) is 5.73 Å². The van der Waals surface area contributed by atoms with Crippen LogP contribution in [0.15, 0.2) is 36.7 Å². The molecular weight excluding hydrogens is 244 g/mol. The summed E-state index contributed by atoms with van der Waals surface area (Å²) in [5.41, 5.74) is 11.9.